The Morgan fingerprint density at radius 1 is 0.971 bits per heavy atom. The number of anilines is 1. The van der Waals surface area contributed by atoms with E-state index < -0.39 is 54.1 Å². The van der Waals surface area contributed by atoms with E-state index in [0.29, 0.717) is 0 Å². The van der Waals surface area contributed by atoms with E-state index in [0.717, 1.165) is 12.1 Å². The van der Waals surface area contributed by atoms with Gasteiger partial charge in [-0.1, -0.05) is 12.1 Å². The van der Waals surface area contributed by atoms with Crippen LogP contribution in [0.4, 0.5) is 23.7 Å². The predicted molar refractivity (Wildman–Crippen MR) is 114 cm³/mol. The second kappa shape index (κ2) is 9.92. The summed E-state index contributed by atoms with van der Waals surface area (Å²) in [6.07, 6.45) is -7.61. The van der Waals surface area contributed by atoms with Gasteiger partial charge in [-0.3, -0.25) is 10.1 Å². The minimum absolute atomic E-state index is 0.0183. The van der Waals surface area contributed by atoms with E-state index in [2.05, 4.69) is 15.4 Å². The maximum atomic E-state index is 12.9. The Balaban J connectivity index is 1.33. The minimum Gasteiger partial charge on any atom is -0.465 e. The van der Waals surface area contributed by atoms with Crippen molar-refractivity contribution in [1.82, 2.24) is 5.32 Å². The number of hydrogen-bond donors (Lipinski definition) is 2. The van der Waals surface area contributed by atoms with Gasteiger partial charge in [0.1, 0.15) is 12.2 Å². The van der Waals surface area contributed by atoms with Crippen LogP contribution >= 0.6 is 0 Å². The third-order valence-corrected chi connectivity index (χ3v) is 5.57. The molecule has 0 aliphatic carbocycles. The van der Waals surface area contributed by atoms with Gasteiger partial charge in [0.25, 0.3) is 5.91 Å². The van der Waals surface area contributed by atoms with Gasteiger partial charge in [0.15, 0.2) is 6.10 Å². The van der Waals surface area contributed by atoms with Crippen LogP contribution in [0.5, 0.6) is 0 Å². The molecule has 2 fully saturated rings. The van der Waals surface area contributed by atoms with Crippen molar-refractivity contribution in [3.8, 4) is 0 Å². The Hall–Kier alpha value is -3.64. The largest absolute Gasteiger partial charge is 0.465 e. The number of fused-ring (bicyclic) bond motifs is 1. The van der Waals surface area contributed by atoms with Gasteiger partial charge in [0.2, 0.25) is 0 Å². The van der Waals surface area contributed by atoms with Gasteiger partial charge in [-0.25, -0.2) is 9.59 Å². The number of esters is 1. The van der Waals surface area contributed by atoms with Crippen molar-refractivity contribution in [2.24, 2.45) is 0 Å². The quantitative estimate of drug-likeness (QED) is 0.615. The lowest BCUT2D eigenvalue weighted by Crippen LogP contribution is -2.44. The zero-order valence-electron chi connectivity index (χ0n) is 18.3. The molecular formula is C23H21F3N2O7. The predicted octanol–water partition coefficient (Wildman–Crippen LogP) is 3.01. The Bertz CT molecular complexity index is 1120. The Labute approximate surface area is 197 Å². The van der Waals surface area contributed by atoms with Gasteiger partial charge in [0, 0.05) is 11.3 Å². The van der Waals surface area contributed by atoms with Crippen molar-refractivity contribution in [3.63, 3.8) is 0 Å². The van der Waals surface area contributed by atoms with Gasteiger partial charge in [-0.15, -0.1) is 0 Å². The fourth-order valence-corrected chi connectivity index (χ4v) is 3.90. The van der Waals surface area contributed by atoms with Crippen LogP contribution in [0.1, 0.15) is 26.3 Å². The van der Waals surface area contributed by atoms with Crippen molar-refractivity contribution >= 4 is 23.7 Å². The van der Waals surface area contributed by atoms with Crippen LogP contribution in [0.25, 0.3) is 0 Å². The smallest absolute Gasteiger partial charge is 0.416 e. The average molecular weight is 494 g/mol. The lowest BCUT2D eigenvalue weighted by molar-refractivity contribution is -0.137. The van der Waals surface area contributed by atoms with Gasteiger partial charge in [-0.05, 0) is 36.4 Å². The molecule has 2 aromatic carbocycles. The molecule has 35 heavy (non-hydrogen) atoms. The van der Waals surface area contributed by atoms with Crippen LogP contribution in [-0.4, -0.2) is 62.6 Å². The molecule has 0 spiro atoms. The lowest BCUT2D eigenvalue weighted by atomic mass is 10.1. The minimum atomic E-state index is -4.55. The lowest BCUT2D eigenvalue weighted by Gasteiger charge is -2.18. The molecular weight excluding hydrogens is 473 g/mol. The number of alkyl halides is 3. The van der Waals surface area contributed by atoms with Crippen molar-refractivity contribution in [2.75, 3.05) is 25.6 Å². The second-order valence-electron chi connectivity index (χ2n) is 7.90. The second-order valence-corrected chi connectivity index (χ2v) is 7.90. The molecule has 186 valence electrons. The highest BCUT2D eigenvalue weighted by atomic mass is 19.4. The number of ether oxygens (including phenoxy) is 4. The molecule has 0 bridgehead atoms. The number of carbonyl (C=O) groups is 3. The van der Waals surface area contributed by atoms with Crippen molar-refractivity contribution in [3.05, 3.63) is 65.2 Å². The normalized spacial score (nSPS) is 23.3. The molecule has 2 aliphatic rings. The topological polar surface area (TPSA) is 112 Å². The summed E-state index contributed by atoms with van der Waals surface area (Å²) in [7, 11) is 1.24. The average Bonchev–Trinajstić information content (AvgIpc) is 3.41. The van der Waals surface area contributed by atoms with Crippen LogP contribution in [0.3, 0.4) is 0 Å². The monoisotopic (exact) mass is 494 g/mol. The molecule has 4 atom stereocenters. The van der Waals surface area contributed by atoms with Crippen LogP contribution in [0, 0.1) is 0 Å². The van der Waals surface area contributed by atoms with Crippen molar-refractivity contribution in [2.45, 2.75) is 30.5 Å². The van der Waals surface area contributed by atoms with Gasteiger partial charge < -0.3 is 24.3 Å². The van der Waals surface area contributed by atoms with E-state index in [1.165, 1.54) is 37.4 Å². The molecule has 9 nitrogen and oxygen atoms in total. The molecule has 2 aromatic rings. The Morgan fingerprint density at radius 2 is 1.69 bits per heavy atom. The first kappa shape index (κ1) is 24.5. The number of amides is 2. The van der Waals surface area contributed by atoms with E-state index in [1.54, 1.807) is 6.07 Å². The molecule has 12 heteroatoms. The van der Waals surface area contributed by atoms with E-state index in [4.69, 9.17) is 14.2 Å². The summed E-state index contributed by atoms with van der Waals surface area (Å²) in [5.41, 5.74) is -0.526. The first-order valence-corrected chi connectivity index (χ1v) is 10.5. The summed E-state index contributed by atoms with van der Waals surface area (Å²) in [4.78, 5) is 36.6. The fraction of sp³-hybridized carbons (Fsp3) is 0.348. The van der Waals surface area contributed by atoms with Gasteiger partial charge >= 0.3 is 18.2 Å². The van der Waals surface area contributed by atoms with Crippen LogP contribution < -0.4 is 10.6 Å². The molecule has 2 saturated heterocycles. The number of halogens is 3. The Kier molecular flexibility index (Phi) is 6.94. The molecule has 0 radical (unpaired) electrons. The third kappa shape index (κ3) is 5.54. The molecule has 0 aromatic heterocycles. The van der Waals surface area contributed by atoms with Crippen molar-refractivity contribution in [1.29, 1.82) is 0 Å². The number of hydrogen-bond acceptors (Lipinski definition) is 7. The number of benzene rings is 2. The SMILES string of the molecule is COC(=O)c1cccc(C(=O)N[C@H]2CO[C@H]3[C@@H]2OC[C@H]3OC(=O)Nc2cccc(C(F)(F)F)c2)c1. The van der Waals surface area contributed by atoms with Gasteiger partial charge in [0.05, 0.1) is 37.5 Å². The summed E-state index contributed by atoms with van der Waals surface area (Å²) in [5.74, 6) is -1.04. The number of methoxy groups -OCH3 is 1. The van der Waals surface area contributed by atoms with E-state index in [-0.39, 0.29) is 30.0 Å². The first-order chi connectivity index (χ1) is 16.7. The molecule has 2 amide bonds. The summed E-state index contributed by atoms with van der Waals surface area (Å²) in [5, 5.41) is 5.05. The standard InChI is InChI=1S/C23H21F3N2O7/c1-32-21(30)13-5-2-4-12(8-13)20(29)28-16-10-33-19-17(11-34-18(16)19)35-22(31)27-15-7-3-6-14(9-15)23(24,25)26/h2-9,16-19H,10-11H2,1H3,(H,27,31)(H,28,29)/t16-,17+,18+,19+/m0/s1. The van der Waals surface area contributed by atoms with Gasteiger partial charge in [-0.2, -0.15) is 13.2 Å². The molecule has 2 aliphatic heterocycles. The molecule has 2 heterocycles. The van der Waals surface area contributed by atoms with Crippen LogP contribution in [-0.2, 0) is 25.1 Å². The molecule has 2 N–H and O–H groups in total. The third-order valence-electron chi connectivity index (χ3n) is 5.57. The molecule has 0 saturated carbocycles. The summed E-state index contributed by atoms with van der Waals surface area (Å²) >= 11 is 0. The summed E-state index contributed by atoms with van der Waals surface area (Å²) in [6, 6.07) is 9.61. The first-order valence-electron chi connectivity index (χ1n) is 10.5. The highest BCUT2D eigenvalue weighted by Gasteiger charge is 2.50. The highest BCUT2D eigenvalue weighted by Crippen LogP contribution is 2.32. The summed E-state index contributed by atoms with van der Waals surface area (Å²) < 4.78 is 59.9. The molecule has 4 rings (SSSR count). The van der Waals surface area contributed by atoms with E-state index in [9.17, 15) is 27.6 Å². The molecule has 0 unspecified atom stereocenters. The van der Waals surface area contributed by atoms with E-state index >= 15 is 0 Å². The maximum Gasteiger partial charge on any atom is 0.416 e. The Morgan fingerprint density at radius 3 is 2.43 bits per heavy atom. The number of rotatable bonds is 5. The maximum absolute atomic E-state index is 12.9. The zero-order valence-corrected chi connectivity index (χ0v) is 18.3. The zero-order chi connectivity index (χ0) is 25.2. The number of nitrogens with one attached hydrogen (secondary N) is 2. The number of carbonyl (C=O) groups excluding carboxylic acids is 3. The summed E-state index contributed by atoms with van der Waals surface area (Å²) in [6.45, 7) is 0.0718. The van der Waals surface area contributed by atoms with E-state index in [1.807, 2.05) is 0 Å². The van der Waals surface area contributed by atoms with Crippen LogP contribution in [0.2, 0.25) is 0 Å². The highest BCUT2D eigenvalue weighted by molar-refractivity contribution is 5.98. The fourth-order valence-electron chi connectivity index (χ4n) is 3.90. The van der Waals surface area contributed by atoms with Crippen LogP contribution in [0.15, 0.2) is 48.5 Å². The van der Waals surface area contributed by atoms with Crippen molar-refractivity contribution < 1.29 is 46.5 Å².